The number of nitrogens with zero attached hydrogens (tertiary/aromatic N) is 1. The smallest absolute Gasteiger partial charge is 0.146 e. The molecule has 0 fully saturated rings. The topological polar surface area (TPSA) is 15.3 Å². The van der Waals surface area contributed by atoms with Crippen molar-refractivity contribution in [3.8, 4) is 0 Å². The van der Waals surface area contributed by atoms with Crippen LogP contribution in [0.2, 0.25) is 0 Å². The summed E-state index contributed by atoms with van der Waals surface area (Å²) in [5, 5.41) is 3.40. The maximum Gasteiger partial charge on any atom is 0.146 e. The highest BCUT2D eigenvalue weighted by molar-refractivity contribution is 5.57. The number of para-hydroxylation sites is 1. The Bertz CT molecular complexity index is 420. The average molecular weight is 294 g/mol. The van der Waals surface area contributed by atoms with Crippen LogP contribution in [-0.2, 0) is 0 Å². The number of unbranched alkanes of at least 4 members (excludes halogenated alkanes) is 1. The van der Waals surface area contributed by atoms with E-state index in [0.29, 0.717) is 6.04 Å². The highest BCUT2D eigenvalue weighted by atomic mass is 19.1. The quantitative estimate of drug-likeness (QED) is 0.697. The number of anilines is 1. The SMILES string of the molecule is CCCCN(c1c(F)cccc1C(C)NCC)C(C)CC. The highest BCUT2D eigenvalue weighted by Crippen LogP contribution is 2.31. The van der Waals surface area contributed by atoms with E-state index in [0.717, 1.165) is 43.6 Å². The Morgan fingerprint density at radius 1 is 1.19 bits per heavy atom. The minimum atomic E-state index is -0.103. The Morgan fingerprint density at radius 2 is 1.90 bits per heavy atom. The number of hydrogen-bond donors (Lipinski definition) is 1. The fourth-order valence-corrected chi connectivity index (χ4v) is 2.70. The monoisotopic (exact) mass is 294 g/mol. The molecule has 3 heteroatoms. The van der Waals surface area contributed by atoms with Gasteiger partial charge in [-0.1, -0.05) is 39.3 Å². The van der Waals surface area contributed by atoms with Crippen molar-refractivity contribution in [1.82, 2.24) is 5.32 Å². The van der Waals surface area contributed by atoms with Crippen molar-refractivity contribution in [3.05, 3.63) is 29.6 Å². The van der Waals surface area contributed by atoms with E-state index in [9.17, 15) is 4.39 Å². The lowest BCUT2D eigenvalue weighted by molar-refractivity contribution is 0.544. The third kappa shape index (κ3) is 4.70. The first-order chi connectivity index (χ1) is 10.1. The van der Waals surface area contributed by atoms with Gasteiger partial charge in [-0.3, -0.25) is 0 Å². The molecule has 2 atom stereocenters. The van der Waals surface area contributed by atoms with Gasteiger partial charge in [0.1, 0.15) is 5.82 Å². The van der Waals surface area contributed by atoms with Crippen LogP contribution in [-0.4, -0.2) is 19.1 Å². The van der Waals surface area contributed by atoms with Crippen LogP contribution in [0.25, 0.3) is 0 Å². The van der Waals surface area contributed by atoms with Crippen molar-refractivity contribution in [2.45, 2.75) is 66.0 Å². The summed E-state index contributed by atoms with van der Waals surface area (Å²) < 4.78 is 14.6. The second-order valence-electron chi connectivity index (χ2n) is 5.76. The number of hydrogen-bond acceptors (Lipinski definition) is 2. The summed E-state index contributed by atoms with van der Waals surface area (Å²) in [5.41, 5.74) is 1.85. The van der Waals surface area contributed by atoms with Crippen molar-refractivity contribution in [2.24, 2.45) is 0 Å². The van der Waals surface area contributed by atoms with Crippen molar-refractivity contribution >= 4 is 5.69 Å². The molecule has 0 saturated carbocycles. The van der Waals surface area contributed by atoms with E-state index in [1.165, 1.54) is 0 Å². The molecule has 2 nitrogen and oxygen atoms in total. The summed E-state index contributed by atoms with van der Waals surface area (Å²) in [4.78, 5) is 2.25. The number of halogens is 1. The van der Waals surface area contributed by atoms with E-state index >= 15 is 0 Å². The maximum absolute atomic E-state index is 14.6. The number of nitrogens with one attached hydrogen (secondary N) is 1. The Hall–Kier alpha value is -1.09. The summed E-state index contributed by atoms with van der Waals surface area (Å²) in [6.07, 6.45) is 3.24. The van der Waals surface area contributed by atoms with Crippen LogP contribution in [0.1, 0.15) is 65.5 Å². The Morgan fingerprint density at radius 3 is 2.48 bits per heavy atom. The molecular weight excluding hydrogens is 263 g/mol. The summed E-state index contributed by atoms with van der Waals surface area (Å²) in [6.45, 7) is 12.5. The standard InChI is InChI=1S/C18H31FN2/c1-6-9-13-21(14(4)7-2)18-16(15(5)20-8-3)11-10-12-17(18)19/h10-12,14-15,20H,6-9,13H2,1-5H3. The Kier molecular flexibility index (Phi) is 7.73. The van der Waals surface area contributed by atoms with Gasteiger partial charge < -0.3 is 10.2 Å². The zero-order valence-electron chi connectivity index (χ0n) is 14.2. The second-order valence-corrected chi connectivity index (χ2v) is 5.76. The molecule has 0 amide bonds. The first-order valence-corrected chi connectivity index (χ1v) is 8.35. The van der Waals surface area contributed by atoms with Crippen molar-refractivity contribution in [3.63, 3.8) is 0 Å². The lowest BCUT2D eigenvalue weighted by Gasteiger charge is -2.34. The average Bonchev–Trinajstić information content (AvgIpc) is 2.48. The van der Waals surface area contributed by atoms with Crippen LogP contribution in [0, 0.1) is 5.82 Å². The zero-order valence-corrected chi connectivity index (χ0v) is 14.2. The molecule has 0 heterocycles. The van der Waals surface area contributed by atoms with Crippen LogP contribution in [0.5, 0.6) is 0 Å². The van der Waals surface area contributed by atoms with Crippen LogP contribution >= 0.6 is 0 Å². The molecule has 0 aliphatic rings. The molecule has 0 aromatic heterocycles. The van der Waals surface area contributed by atoms with Gasteiger partial charge in [-0.15, -0.1) is 0 Å². The first-order valence-electron chi connectivity index (χ1n) is 8.35. The van der Waals surface area contributed by atoms with Gasteiger partial charge in [0.15, 0.2) is 0 Å². The van der Waals surface area contributed by atoms with E-state index in [1.54, 1.807) is 6.07 Å². The Balaban J connectivity index is 3.21. The van der Waals surface area contributed by atoms with Gasteiger partial charge in [0.25, 0.3) is 0 Å². The summed E-state index contributed by atoms with van der Waals surface area (Å²) in [5.74, 6) is -0.103. The fourth-order valence-electron chi connectivity index (χ4n) is 2.70. The minimum Gasteiger partial charge on any atom is -0.366 e. The van der Waals surface area contributed by atoms with Gasteiger partial charge in [0.2, 0.25) is 0 Å². The zero-order chi connectivity index (χ0) is 15.8. The normalized spacial score (nSPS) is 14.0. The van der Waals surface area contributed by atoms with Crippen LogP contribution in [0.3, 0.4) is 0 Å². The van der Waals surface area contributed by atoms with Crippen molar-refractivity contribution in [2.75, 3.05) is 18.0 Å². The van der Waals surface area contributed by atoms with E-state index in [1.807, 2.05) is 12.1 Å². The molecule has 1 aromatic rings. The van der Waals surface area contributed by atoms with Gasteiger partial charge >= 0.3 is 0 Å². The summed E-state index contributed by atoms with van der Waals surface area (Å²) in [6, 6.07) is 5.96. The lowest BCUT2D eigenvalue weighted by Crippen LogP contribution is -2.36. The van der Waals surface area contributed by atoms with Gasteiger partial charge in [-0.2, -0.15) is 0 Å². The van der Waals surface area contributed by atoms with E-state index in [2.05, 4.69) is 44.8 Å². The first kappa shape index (κ1) is 18.0. The molecule has 1 rings (SSSR count). The molecule has 1 N–H and O–H groups in total. The molecule has 0 aliphatic heterocycles. The second kappa shape index (κ2) is 9.04. The molecule has 2 unspecified atom stereocenters. The summed E-state index contributed by atoms with van der Waals surface area (Å²) >= 11 is 0. The molecule has 0 spiro atoms. The maximum atomic E-state index is 14.6. The van der Waals surface area contributed by atoms with Gasteiger partial charge in [-0.25, -0.2) is 4.39 Å². The Labute approximate surface area is 129 Å². The largest absolute Gasteiger partial charge is 0.366 e. The predicted molar refractivity (Wildman–Crippen MR) is 90.5 cm³/mol. The third-order valence-electron chi connectivity index (χ3n) is 4.16. The molecule has 0 aliphatic carbocycles. The number of rotatable bonds is 9. The lowest BCUT2D eigenvalue weighted by atomic mass is 10.0. The van der Waals surface area contributed by atoms with E-state index in [-0.39, 0.29) is 11.9 Å². The number of benzene rings is 1. The van der Waals surface area contributed by atoms with Gasteiger partial charge in [0, 0.05) is 18.6 Å². The molecule has 21 heavy (non-hydrogen) atoms. The molecule has 120 valence electrons. The van der Waals surface area contributed by atoms with E-state index < -0.39 is 0 Å². The van der Waals surface area contributed by atoms with Gasteiger partial charge in [-0.05, 0) is 44.9 Å². The third-order valence-corrected chi connectivity index (χ3v) is 4.16. The van der Waals surface area contributed by atoms with Gasteiger partial charge in [0.05, 0.1) is 5.69 Å². The highest BCUT2D eigenvalue weighted by Gasteiger charge is 2.22. The molecule has 0 bridgehead atoms. The molecule has 0 radical (unpaired) electrons. The van der Waals surface area contributed by atoms with E-state index in [4.69, 9.17) is 0 Å². The van der Waals surface area contributed by atoms with Crippen LogP contribution in [0.4, 0.5) is 10.1 Å². The van der Waals surface area contributed by atoms with Crippen molar-refractivity contribution in [1.29, 1.82) is 0 Å². The molecule has 0 saturated heterocycles. The summed E-state index contributed by atoms with van der Waals surface area (Å²) in [7, 11) is 0. The minimum absolute atomic E-state index is 0.103. The van der Waals surface area contributed by atoms with Crippen molar-refractivity contribution < 1.29 is 4.39 Å². The fraction of sp³-hybridized carbons (Fsp3) is 0.667. The molecule has 1 aromatic carbocycles. The van der Waals surface area contributed by atoms with Crippen LogP contribution < -0.4 is 10.2 Å². The molecular formula is C18H31FN2. The predicted octanol–water partition coefficient (Wildman–Crippen LogP) is 4.90. The van der Waals surface area contributed by atoms with Crippen LogP contribution in [0.15, 0.2) is 18.2 Å².